The Hall–Kier alpha value is -1.92. The number of benzene rings is 1. The molecule has 0 bridgehead atoms. The van der Waals surface area contributed by atoms with E-state index >= 15 is 0 Å². The maximum Gasteiger partial charge on any atom is 0.323 e. The van der Waals surface area contributed by atoms with Gasteiger partial charge in [0.15, 0.2) is 0 Å². The van der Waals surface area contributed by atoms with E-state index in [-0.39, 0.29) is 12.8 Å². The van der Waals surface area contributed by atoms with E-state index in [4.69, 9.17) is 10.5 Å². The largest absolute Gasteiger partial charge is 0.480 e. The summed E-state index contributed by atoms with van der Waals surface area (Å²) in [7, 11) is 1.75. The summed E-state index contributed by atoms with van der Waals surface area (Å²) < 4.78 is 5.22. The summed E-state index contributed by atoms with van der Waals surface area (Å²) in [6.07, 6.45) is 0.532. The molecule has 1 aromatic rings. The minimum Gasteiger partial charge on any atom is -0.480 e. The van der Waals surface area contributed by atoms with Gasteiger partial charge >= 0.3 is 11.9 Å². The second-order valence-electron chi connectivity index (χ2n) is 6.97. The number of carbonyl (C=O) groups is 2. The highest BCUT2D eigenvalue weighted by Gasteiger charge is 2.27. The minimum atomic E-state index is -0.926. The van der Waals surface area contributed by atoms with Crippen molar-refractivity contribution >= 4 is 11.9 Å². The molecule has 0 aliphatic carbocycles. The summed E-state index contributed by atoms with van der Waals surface area (Å²) in [6, 6.07) is 8.10. The molecule has 0 heterocycles. The topological polar surface area (TPSA) is 92.9 Å². The molecule has 0 aliphatic heterocycles. The predicted octanol–water partition coefficient (Wildman–Crippen LogP) is 2.02. The third-order valence-electron chi connectivity index (χ3n) is 3.55. The lowest BCUT2D eigenvalue weighted by Gasteiger charge is -2.26. The average molecular weight is 336 g/mol. The standard InChI is InChI=1S/C18H28N2O4/c1-18(2,3)24-17(23)14(19)10-11-15(16(21)22)20(4)12-13-8-6-5-7-9-13/h5-9,14-15H,10-12,19H2,1-4H3,(H,21,22)/t14?,15-/m0/s1. The van der Waals surface area contributed by atoms with Gasteiger partial charge in [-0.25, -0.2) is 0 Å². The van der Waals surface area contributed by atoms with E-state index in [1.165, 1.54) is 0 Å². The van der Waals surface area contributed by atoms with E-state index in [1.807, 2.05) is 30.3 Å². The van der Waals surface area contributed by atoms with Crippen LogP contribution in [-0.4, -0.2) is 46.7 Å². The lowest BCUT2D eigenvalue weighted by Crippen LogP contribution is -2.42. The van der Waals surface area contributed by atoms with Crippen LogP contribution < -0.4 is 5.73 Å². The summed E-state index contributed by atoms with van der Waals surface area (Å²) in [5.41, 5.74) is 6.26. The van der Waals surface area contributed by atoms with Crippen molar-refractivity contribution in [1.29, 1.82) is 0 Å². The number of carboxylic acid groups (broad SMARTS) is 1. The fourth-order valence-electron chi connectivity index (χ4n) is 2.35. The Bertz CT molecular complexity index is 540. The van der Waals surface area contributed by atoms with Gasteiger partial charge in [-0.1, -0.05) is 30.3 Å². The molecule has 0 aromatic heterocycles. The fraction of sp³-hybridized carbons (Fsp3) is 0.556. The number of nitrogens with zero attached hydrogens (tertiary/aromatic N) is 1. The molecule has 24 heavy (non-hydrogen) atoms. The lowest BCUT2D eigenvalue weighted by atomic mass is 10.0. The molecule has 0 aliphatic rings. The molecule has 6 heteroatoms. The Labute approximate surface area is 143 Å². The number of likely N-dealkylation sites (N-methyl/N-ethyl adjacent to an activating group) is 1. The van der Waals surface area contributed by atoms with Crippen LogP contribution in [0.2, 0.25) is 0 Å². The van der Waals surface area contributed by atoms with Crippen LogP contribution >= 0.6 is 0 Å². The zero-order valence-corrected chi connectivity index (χ0v) is 14.9. The van der Waals surface area contributed by atoms with Crippen LogP contribution in [0, 0.1) is 0 Å². The Balaban J connectivity index is 2.60. The third-order valence-corrected chi connectivity index (χ3v) is 3.55. The van der Waals surface area contributed by atoms with Gasteiger partial charge in [0.05, 0.1) is 0 Å². The minimum absolute atomic E-state index is 0.255. The van der Waals surface area contributed by atoms with Crippen LogP contribution in [0.4, 0.5) is 0 Å². The van der Waals surface area contributed by atoms with Crippen molar-refractivity contribution in [3.8, 4) is 0 Å². The number of ether oxygens (including phenoxy) is 1. The highest BCUT2D eigenvalue weighted by atomic mass is 16.6. The normalized spacial score (nSPS) is 14.2. The summed E-state index contributed by atoms with van der Waals surface area (Å²) >= 11 is 0. The number of esters is 1. The molecule has 0 amide bonds. The number of hydrogen-bond donors (Lipinski definition) is 2. The Morgan fingerprint density at radius 2 is 1.79 bits per heavy atom. The highest BCUT2D eigenvalue weighted by molar-refractivity contribution is 5.76. The first-order chi connectivity index (χ1) is 11.1. The number of carbonyl (C=O) groups excluding carboxylic acids is 1. The quantitative estimate of drug-likeness (QED) is 0.706. The summed E-state index contributed by atoms with van der Waals surface area (Å²) in [6.45, 7) is 5.82. The second kappa shape index (κ2) is 8.80. The highest BCUT2D eigenvalue weighted by Crippen LogP contribution is 2.14. The number of aliphatic carboxylic acids is 1. The van der Waals surface area contributed by atoms with Gasteiger partial charge in [-0.05, 0) is 46.2 Å². The van der Waals surface area contributed by atoms with Crippen molar-refractivity contribution in [2.24, 2.45) is 5.73 Å². The molecule has 0 spiro atoms. The first-order valence-electron chi connectivity index (χ1n) is 8.05. The molecule has 3 N–H and O–H groups in total. The molecular formula is C18H28N2O4. The van der Waals surface area contributed by atoms with Gasteiger partial charge in [-0.3, -0.25) is 14.5 Å². The first-order valence-corrected chi connectivity index (χ1v) is 8.05. The van der Waals surface area contributed by atoms with Crippen molar-refractivity contribution in [3.05, 3.63) is 35.9 Å². The average Bonchev–Trinajstić information content (AvgIpc) is 2.46. The molecule has 2 atom stereocenters. The second-order valence-corrected chi connectivity index (χ2v) is 6.97. The van der Waals surface area contributed by atoms with Gasteiger partial charge in [0.2, 0.25) is 0 Å². The van der Waals surface area contributed by atoms with E-state index in [0.717, 1.165) is 5.56 Å². The van der Waals surface area contributed by atoms with Crippen molar-refractivity contribution in [1.82, 2.24) is 4.90 Å². The predicted molar refractivity (Wildman–Crippen MR) is 92.4 cm³/mol. The van der Waals surface area contributed by atoms with Crippen molar-refractivity contribution in [2.75, 3.05) is 7.05 Å². The van der Waals surface area contributed by atoms with Gasteiger partial charge in [-0.15, -0.1) is 0 Å². The zero-order chi connectivity index (χ0) is 18.3. The summed E-state index contributed by atoms with van der Waals surface area (Å²) in [4.78, 5) is 25.2. The number of hydrogen-bond acceptors (Lipinski definition) is 5. The van der Waals surface area contributed by atoms with Crippen LogP contribution in [0.15, 0.2) is 30.3 Å². The molecule has 1 rings (SSSR count). The third kappa shape index (κ3) is 7.10. The van der Waals surface area contributed by atoms with Crippen molar-refractivity contribution < 1.29 is 19.4 Å². The number of nitrogens with two attached hydrogens (primary N) is 1. The van der Waals surface area contributed by atoms with E-state index in [2.05, 4.69) is 0 Å². The van der Waals surface area contributed by atoms with Gasteiger partial charge in [-0.2, -0.15) is 0 Å². The van der Waals surface area contributed by atoms with Crippen molar-refractivity contribution in [3.63, 3.8) is 0 Å². The SMILES string of the molecule is CN(Cc1ccccc1)[C@@H](CCC(N)C(=O)OC(C)(C)C)C(=O)O. The number of rotatable bonds is 8. The van der Waals surface area contributed by atoms with E-state index in [0.29, 0.717) is 6.54 Å². The van der Waals surface area contributed by atoms with Crippen LogP contribution in [-0.2, 0) is 20.9 Å². The maximum absolute atomic E-state index is 11.9. The Morgan fingerprint density at radius 3 is 2.29 bits per heavy atom. The van der Waals surface area contributed by atoms with Gasteiger partial charge in [0.25, 0.3) is 0 Å². The Kier molecular flexibility index (Phi) is 7.38. The first kappa shape index (κ1) is 20.1. The molecule has 1 unspecified atom stereocenters. The molecular weight excluding hydrogens is 308 g/mol. The van der Waals surface area contributed by atoms with Gasteiger partial charge < -0.3 is 15.6 Å². The number of carboxylic acids is 1. The lowest BCUT2D eigenvalue weighted by molar-refractivity contribution is -0.157. The molecule has 6 nitrogen and oxygen atoms in total. The summed E-state index contributed by atoms with van der Waals surface area (Å²) in [5.74, 6) is -1.43. The van der Waals surface area contributed by atoms with E-state index in [1.54, 1.807) is 32.7 Å². The molecule has 134 valence electrons. The molecule has 1 aromatic carbocycles. The zero-order valence-electron chi connectivity index (χ0n) is 14.9. The maximum atomic E-state index is 11.9. The van der Waals surface area contributed by atoms with E-state index in [9.17, 15) is 14.7 Å². The molecule has 0 radical (unpaired) electrons. The molecule has 0 fully saturated rings. The van der Waals surface area contributed by atoms with Crippen molar-refractivity contribution in [2.45, 2.75) is 57.8 Å². The van der Waals surface area contributed by atoms with E-state index < -0.39 is 29.6 Å². The van der Waals surface area contributed by atoms with Crippen LogP contribution in [0.5, 0.6) is 0 Å². The molecule has 0 saturated carbocycles. The molecule has 0 saturated heterocycles. The fourth-order valence-corrected chi connectivity index (χ4v) is 2.35. The monoisotopic (exact) mass is 336 g/mol. The van der Waals surface area contributed by atoms with Crippen LogP contribution in [0.1, 0.15) is 39.2 Å². The summed E-state index contributed by atoms with van der Waals surface area (Å²) in [5, 5.41) is 9.46. The van der Waals surface area contributed by atoms with Gasteiger partial charge in [0.1, 0.15) is 17.7 Å². The van der Waals surface area contributed by atoms with Crippen LogP contribution in [0.3, 0.4) is 0 Å². The Morgan fingerprint density at radius 1 is 1.21 bits per heavy atom. The smallest absolute Gasteiger partial charge is 0.323 e. The van der Waals surface area contributed by atoms with Gasteiger partial charge in [0, 0.05) is 6.54 Å². The van der Waals surface area contributed by atoms with Crippen LogP contribution in [0.25, 0.3) is 0 Å².